The van der Waals surface area contributed by atoms with Crippen molar-refractivity contribution in [2.45, 2.75) is 23.5 Å². The standard InChI is InChI=1S/C15H21BrO5/c1-17-4-5-20-15-13(16)9-14(15)21-12-7-10(18-2)6-11(8-12)19-3/h6-8,13-15H,4-5,9H2,1-3H3. The van der Waals surface area contributed by atoms with E-state index in [1.807, 2.05) is 18.2 Å². The first-order valence-electron chi connectivity index (χ1n) is 6.82. The van der Waals surface area contributed by atoms with Gasteiger partial charge >= 0.3 is 0 Å². The molecule has 1 aromatic carbocycles. The largest absolute Gasteiger partial charge is 0.496 e. The summed E-state index contributed by atoms with van der Waals surface area (Å²) in [7, 11) is 4.90. The average molecular weight is 361 g/mol. The number of hydrogen-bond donors (Lipinski definition) is 0. The fourth-order valence-electron chi connectivity index (χ4n) is 2.15. The van der Waals surface area contributed by atoms with Crippen molar-refractivity contribution in [1.29, 1.82) is 0 Å². The summed E-state index contributed by atoms with van der Waals surface area (Å²) in [5, 5.41) is 0. The van der Waals surface area contributed by atoms with Crippen molar-refractivity contribution in [2.75, 3.05) is 34.5 Å². The summed E-state index contributed by atoms with van der Waals surface area (Å²) in [5.41, 5.74) is 0. The van der Waals surface area contributed by atoms with Crippen LogP contribution in [0.4, 0.5) is 0 Å². The normalized spacial score (nSPS) is 24.3. The van der Waals surface area contributed by atoms with Gasteiger partial charge in [-0.15, -0.1) is 0 Å². The number of ether oxygens (including phenoxy) is 5. The van der Waals surface area contributed by atoms with E-state index in [1.54, 1.807) is 21.3 Å². The highest BCUT2D eigenvalue weighted by Gasteiger charge is 2.42. The molecule has 1 aliphatic rings. The zero-order chi connectivity index (χ0) is 15.2. The second kappa shape index (κ2) is 7.87. The van der Waals surface area contributed by atoms with Gasteiger partial charge in [-0.1, -0.05) is 15.9 Å². The van der Waals surface area contributed by atoms with Crippen molar-refractivity contribution in [3.05, 3.63) is 18.2 Å². The summed E-state index contributed by atoms with van der Waals surface area (Å²) in [6.07, 6.45) is 0.942. The summed E-state index contributed by atoms with van der Waals surface area (Å²) in [4.78, 5) is 0.312. The van der Waals surface area contributed by atoms with E-state index in [4.69, 9.17) is 23.7 Å². The van der Waals surface area contributed by atoms with Crippen LogP contribution in [0.1, 0.15) is 6.42 Å². The van der Waals surface area contributed by atoms with Gasteiger partial charge in [0.2, 0.25) is 0 Å². The Morgan fingerprint density at radius 1 is 1.00 bits per heavy atom. The summed E-state index contributed by atoms with van der Waals surface area (Å²) in [5.74, 6) is 2.13. The first kappa shape index (κ1) is 16.4. The van der Waals surface area contributed by atoms with Crippen molar-refractivity contribution in [3.8, 4) is 17.2 Å². The lowest BCUT2D eigenvalue weighted by Gasteiger charge is -2.40. The Morgan fingerprint density at radius 2 is 1.62 bits per heavy atom. The molecule has 1 saturated carbocycles. The molecule has 0 heterocycles. The molecule has 2 rings (SSSR count). The Morgan fingerprint density at radius 3 is 2.14 bits per heavy atom. The Labute approximate surface area is 133 Å². The summed E-state index contributed by atoms with van der Waals surface area (Å²) in [6.45, 7) is 1.14. The number of methoxy groups -OCH3 is 3. The third kappa shape index (κ3) is 4.25. The van der Waals surface area contributed by atoms with E-state index in [-0.39, 0.29) is 12.2 Å². The van der Waals surface area contributed by atoms with Crippen LogP contribution in [-0.4, -0.2) is 51.6 Å². The van der Waals surface area contributed by atoms with Crippen molar-refractivity contribution in [2.24, 2.45) is 0 Å². The molecule has 0 bridgehead atoms. The second-order valence-electron chi connectivity index (χ2n) is 4.78. The lowest BCUT2D eigenvalue weighted by Crippen LogP contribution is -2.52. The minimum Gasteiger partial charge on any atom is -0.496 e. The summed E-state index contributed by atoms with van der Waals surface area (Å²) >= 11 is 3.59. The van der Waals surface area contributed by atoms with Crippen LogP contribution < -0.4 is 14.2 Å². The van der Waals surface area contributed by atoms with Crippen LogP contribution in [0.15, 0.2) is 18.2 Å². The molecule has 0 aliphatic heterocycles. The molecule has 0 N–H and O–H groups in total. The van der Waals surface area contributed by atoms with E-state index in [2.05, 4.69) is 15.9 Å². The summed E-state index contributed by atoms with van der Waals surface area (Å²) < 4.78 is 27.2. The van der Waals surface area contributed by atoms with Gasteiger partial charge in [0.25, 0.3) is 0 Å². The molecule has 3 atom stereocenters. The topological polar surface area (TPSA) is 46.2 Å². The Hall–Kier alpha value is -0.980. The number of halogens is 1. The SMILES string of the molecule is COCCOC1C(Br)CC1Oc1cc(OC)cc(OC)c1. The first-order valence-corrected chi connectivity index (χ1v) is 7.73. The molecule has 0 spiro atoms. The van der Waals surface area contributed by atoms with Crippen LogP contribution in [0, 0.1) is 0 Å². The lowest BCUT2D eigenvalue weighted by molar-refractivity contribution is -0.0866. The van der Waals surface area contributed by atoms with E-state index in [0.29, 0.717) is 29.5 Å². The maximum absolute atomic E-state index is 5.99. The average Bonchev–Trinajstić information content (AvgIpc) is 2.50. The van der Waals surface area contributed by atoms with Crippen LogP contribution in [0.25, 0.3) is 0 Å². The summed E-state index contributed by atoms with van der Waals surface area (Å²) in [6, 6.07) is 5.50. The van der Waals surface area contributed by atoms with Gasteiger partial charge in [0.15, 0.2) is 0 Å². The van der Waals surface area contributed by atoms with Crippen LogP contribution in [0.5, 0.6) is 17.2 Å². The van der Waals surface area contributed by atoms with Crippen LogP contribution in [0.2, 0.25) is 0 Å². The van der Waals surface area contributed by atoms with Crippen molar-refractivity contribution in [1.82, 2.24) is 0 Å². The zero-order valence-corrected chi connectivity index (χ0v) is 14.1. The minimum absolute atomic E-state index is 0.0167. The highest BCUT2D eigenvalue weighted by molar-refractivity contribution is 9.09. The molecule has 21 heavy (non-hydrogen) atoms. The number of alkyl halides is 1. The highest BCUT2D eigenvalue weighted by atomic mass is 79.9. The Balaban J connectivity index is 1.97. The van der Waals surface area contributed by atoms with Gasteiger partial charge in [-0.05, 0) is 0 Å². The molecule has 1 aromatic rings. The third-order valence-electron chi connectivity index (χ3n) is 3.39. The molecule has 5 nitrogen and oxygen atoms in total. The van der Waals surface area contributed by atoms with Gasteiger partial charge < -0.3 is 23.7 Å². The molecule has 0 saturated heterocycles. The fraction of sp³-hybridized carbons (Fsp3) is 0.600. The van der Waals surface area contributed by atoms with Gasteiger partial charge in [0.05, 0.1) is 27.4 Å². The number of benzene rings is 1. The first-order chi connectivity index (χ1) is 10.2. The van der Waals surface area contributed by atoms with Crippen LogP contribution in [0.3, 0.4) is 0 Å². The van der Waals surface area contributed by atoms with E-state index in [0.717, 1.165) is 12.2 Å². The monoisotopic (exact) mass is 360 g/mol. The smallest absolute Gasteiger partial charge is 0.127 e. The molecular weight excluding hydrogens is 340 g/mol. The lowest BCUT2D eigenvalue weighted by atomic mass is 9.91. The molecule has 0 aromatic heterocycles. The zero-order valence-electron chi connectivity index (χ0n) is 12.5. The Bertz CT molecular complexity index is 431. The minimum atomic E-state index is 0.0167. The molecule has 118 valence electrons. The fourth-order valence-corrected chi connectivity index (χ4v) is 3.01. The van der Waals surface area contributed by atoms with Gasteiger partial charge in [-0.25, -0.2) is 0 Å². The maximum Gasteiger partial charge on any atom is 0.127 e. The predicted molar refractivity (Wildman–Crippen MR) is 82.9 cm³/mol. The van der Waals surface area contributed by atoms with E-state index < -0.39 is 0 Å². The van der Waals surface area contributed by atoms with Gasteiger partial charge in [0, 0.05) is 36.6 Å². The maximum atomic E-state index is 5.99. The van der Waals surface area contributed by atoms with Gasteiger partial charge in [0.1, 0.15) is 29.5 Å². The number of rotatable bonds is 8. The van der Waals surface area contributed by atoms with E-state index >= 15 is 0 Å². The number of hydrogen-bond acceptors (Lipinski definition) is 5. The van der Waals surface area contributed by atoms with E-state index in [9.17, 15) is 0 Å². The van der Waals surface area contributed by atoms with Crippen molar-refractivity contribution >= 4 is 15.9 Å². The van der Waals surface area contributed by atoms with Crippen molar-refractivity contribution in [3.63, 3.8) is 0 Å². The second-order valence-corrected chi connectivity index (χ2v) is 5.96. The quantitative estimate of drug-likeness (QED) is 0.526. The molecule has 1 fully saturated rings. The molecule has 3 unspecified atom stereocenters. The Kier molecular flexibility index (Phi) is 6.14. The molecule has 6 heteroatoms. The molecule has 0 radical (unpaired) electrons. The van der Waals surface area contributed by atoms with Crippen LogP contribution >= 0.6 is 15.9 Å². The third-order valence-corrected chi connectivity index (χ3v) is 4.29. The molecular formula is C15H21BrO5. The molecule has 0 amide bonds. The molecule has 1 aliphatic carbocycles. The van der Waals surface area contributed by atoms with Gasteiger partial charge in [-0.2, -0.15) is 0 Å². The van der Waals surface area contributed by atoms with Crippen molar-refractivity contribution < 1.29 is 23.7 Å². The van der Waals surface area contributed by atoms with Gasteiger partial charge in [-0.3, -0.25) is 0 Å². The van der Waals surface area contributed by atoms with Crippen LogP contribution in [-0.2, 0) is 9.47 Å². The van der Waals surface area contributed by atoms with E-state index in [1.165, 1.54) is 0 Å². The highest BCUT2D eigenvalue weighted by Crippen LogP contribution is 2.36. The predicted octanol–water partition coefficient (Wildman–Crippen LogP) is 2.65.